The average molecular weight is 268 g/mol. The van der Waals surface area contributed by atoms with Crippen molar-refractivity contribution in [1.82, 2.24) is 10.6 Å². The monoisotopic (exact) mass is 268 g/mol. The van der Waals surface area contributed by atoms with Crippen LogP contribution in [0.2, 0.25) is 0 Å². The number of carbonyl (C=O) groups excluding carboxylic acids is 2. The van der Waals surface area contributed by atoms with Crippen LogP contribution in [-0.4, -0.2) is 35.6 Å². The van der Waals surface area contributed by atoms with E-state index in [0.29, 0.717) is 12.0 Å². The average Bonchev–Trinajstić information content (AvgIpc) is 2.92. The van der Waals surface area contributed by atoms with Gasteiger partial charge in [-0.05, 0) is 19.4 Å². The van der Waals surface area contributed by atoms with E-state index in [2.05, 4.69) is 10.6 Å². The molecule has 0 aromatic carbocycles. The molecule has 1 rings (SSSR count). The summed E-state index contributed by atoms with van der Waals surface area (Å²) in [5.74, 6) is -0.479. The van der Waals surface area contributed by atoms with E-state index in [1.165, 1.54) is 12.5 Å². The Labute approximate surface area is 112 Å². The van der Waals surface area contributed by atoms with Crippen LogP contribution in [0.15, 0.2) is 23.0 Å². The summed E-state index contributed by atoms with van der Waals surface area (Å²) in [7, 11) is 0. The summed E-state index contributed by atoms with van der Waals surface area (Å²) in [4.78, 5) is 23.2. The van der Waals surface area contributed by atoms with Crippen molar-refractivity contribution in [3.63, 3.8) is 0 Å². The molecular formula is C13H20N2O4. The first-order chi connectivity index (χ1) is 9.00. The standard InChI is InChI=1S/C13H20N2O4/c1-3-13(2,9-16)15-11(17)4-6-14-12(18)10-5-7-19-8-10/h5,7-8,16H,3-4,6,9H2,1-2H3,(H,14,18)(H,15,17). The van der Waals surface area contributed by atoms with Crippen molar-refractivity contribution in [1.29, 1.82) is 0 Å². The van der Waals surface area contributed by atoms with Crippen LogP contribution in [0.4, 0.5) is 0 Å². The van der Waals surface area contributed by atoms with Crippen molar-refractivity contribution in [2.75, 3.05) is 13.2 Å². The van der Waals surface area contributed by atoms with E-state index in [1.54, 1.807) is 13.0 Å². The van der Waals surface area contributed by atoms with Gasteiger partial charge in [0.15, 0.2) is 0 Å². The number of aliphatic hydroxyl groups is 1. The summed E-state index contributed by atoms with van der Waals surface area (Å²) in [6.45, 7) is 3.78. The maximum absolute atomic E-state index is 11.7. The maximum atomic E-state index is 11.7. The van der Waals surface area contributed by atoms with Crippen LogP contribution in [-0.2, 0) is 4.79 Å². The Balaban J connectivity index is 2.29. The highest BCUT2D eigenvalue weighted by molar-refractivity contribution is 5.94. The third-order valence-electron chi connectivity index (χ3n) is 2.99. The van der Waals surface area contributed by atoms with Gasteiger partial charge in [0.25, 0.3) is 5.91 Å². The number of furan rings is 1. The van der Waals surface area contributed by atoms with Gasteiger partial charge in [0.1, 0.15) is 6.26 Å². The maximum Gasteiger partial charge on any atom is 0.254 e. The topological polar surface area (TPSA) is 91.6 Å². The second kappa shape index (κ2) is 6.94. The van der Waals surface area contributed by atoms with Gasteiger partial charge in [-0.25, -0.2) is 0 Å². The van der Waals surface area contributed by atoms with E-state index in [4.69, 9.17) is 4.42 Å². The first kappa shape index (κ1) is 15.2. The third-order valence-corrected chi connectivity index (χ3v) is 2.99. The number of nitrogens with one attached hydrogen (secondary N) is 2. The van der Waals surface area contributed by atoms with Crippen LogP contribution in [0.25, 0.3) is 0 Å². The van der Waals surface area contributed by atoms with E-state index in [1.807, 2.05) is 6.92 Å². The molecular weight excluding hydrogens is 248 g/mol. The molecule has 106 valence electrons. The minimum Gasteiger partial charge on any atom is -0.472 e. The molecule has 0 saturated heterocycles. The van der Waals surface area contributed by atoms with Crippen LogP contribution in [0.1, 0.15) is 37.0 Å². The van der Waals surface area contributed by atoms with E-state index in [-0.39, 0.29) is 31.4 Å². The lowest BCUT2D eigenvalue weighted by atomic mass is 10.0. The summed E-state index contributed by atoms with van der Waals surface area (Å²) in [6, 6.07) is 1.55. The molecule has 2 amide bonds. The van der Waals surface area contributed by atoms with Gasteiger partial charge in [-0.3, -0.25) is 9.59 Å². The van der Waals surface area contributed by atoms with Crippen LogP contribution in [0.3, 0.4) is 0 Å². The van der Waals surface area contributed by atoms with Crippen molar-refractivity contribution >= 4 is 11.8 Å². The first-order valence-electron chi connectivity index (χ1n) is 6.23. The lowest BCUT2D eigenvalue weighted by Gasteiger charge is -2.27. The Morgan fingerprint density at radius 3 is 2.74 bits per heavy atom. The molecule has 6 nitrogen and oxygen atoms in total. The lowest BCUT2D eigenvalue weighted by molar-refractivity contribution is -0.123. The predicted octanol–water partition coefficient (Wildman–Crippen LogP) is 0.677. The second-order valence-corrected chi connectivity index (χ2v) is 4.64. The summed E-state index contributed by atoms with van der Waals surface area (Å²) in [6.07, 6.45) is 3.56. The molecule has 6 heteroatoms. The molecule has 1 aromatic rings. The van der Waals surface area contributed by atoms with Crippen molar-refractivity contribution in [3.8, 4) is 0 Å². The van der Waals surface area contributed by atoms with Gasteiger partial charge < -0.3 is 20.2 Å². The highest BCUT2D eigenvalue weighted by Gasteiger charge is 2.22. The zero-order valence-corrected chi connectivity index (χ0v) is 11.2. The Kier molecular flexibility index (Phi) is 5.57. The van der Waals surface area contributed by atoms with Gasteiger partial charge in [0, 0.05) is 13.0 Å². The van der Waals surface area contributed by atoms with E-state index < -0.39 is 5.54 Å². The molecule has 19 heavy (non-hydrogen) atoms. The zero-order valence-electron chi connectivity index (χ0n) is 11.2. The SMILES string of the molecule is CCC(C)(CO)NC(=O)CCNC(=O)c1ccoc1. The van der Waals surface area contributed by atoms with Gasteiger partial charge in [-0.1, -0.05) is 6.92 Å². The van der Waals surface area contributed by atoms with Crippen LogP contribution in [0.5, 0.6) is 0 Å². The first-order valence-corrected chi connectivity index (χ1v) is 6.23. The van der Waals surface area contributed by atoms with E-state index in [0.717, 1.165) is 0 Å². The molecule has 0 spiro atoms. The molecule has 1 aromatic heterocycles. The summed E-state index contributed by atoms with van der Waals surface area (Å²) >= 11 is 0. The lowest BCUT2D eigenvalue weighted by Crippen LogP contribution is -2.49. The molecule has 0 bridgehead atoms. The van der Waals surface area contributed by atoms with Crippen molar-refractivity contribution in [3.05, 3.63) is 24.2 Å². The Morgan fingerprint density at radius 2 is 2.21 bits per heavy atom. The predicted molar refractivity (Wildman–Crippen MR) is 69.6 cm³/mol. The fourth-order valence-electron chi connectivity index (χ4n) is 1.42. The fraction of sp³-hybridized carbons (Fsp3) is 0.538. The molecule has 1 heterocycles. The molecule has 1 atom stereocenters. The molecule has 1 unspecified atom stereocenters. The fourth-order valence-corrected chi connectivity index (χ4v) is 1.42. The van der Waals surface area contributed by atoms with Crippen molar-refractivity contribution in [2.24, 2.45) is 0 Å². The smallest absolute Gasteiger partial charge is 0.254 e. The number of carbonyl (C=O) groups is 2. The quantitative estimate of drug-likeness (QED) is 0.678. The minimum absolute atomic E-state index is 0.114. The summed E-state index contributed by atoms with van der Waals surface area (Å²) < 4.78 is 4.79. The number of rotatable bonds is 7. The molecule has 0 aliphatic carbocycles. The molecule has 3 N–H and O–H groups in total. The Hall–Kier alpha value is -1.82. The second-order valence-electron chi connectivity index (χ2n) is 4.64. The normalized spacial score (nSPS) is 13.6. The number of amides is 2. The molecule has 0 aliphatic heterocycles. The van der Waals surface area contributed by atoms with Gasteiger partial charge in [0.2, 0.25) is 5.91 Å². The minimum atomic E-state index is -0.606. The molecule has 0 fully saturated rings. The van der Waals surface area contributed by atoms with Crippen LogP contribution < -0.4 is 10.6 Å². The van der Waals surface area contributed by atoms with Gasteiger partial charge in [-0.2, -0.15) is 0 Å². The Morgan fingerprint density at radius 1 is 1.47 bits per heavy atom. The highest BCUT2D eigenvalue weighted by atomic mass is 16.3. The summed E-state index contributed by atoms with van der Waals surface area (Å²) in [5.41, 5.74) is -0.180. The number of hydrogen-bond acceptors (Lipinski definition) is 4. The van der Waals surface area contributed by atoms with Crippen molar-refractivity contribution < 1.29 is 19.1 Å². The molecule has 0 saturated carbocycles. The number of aliphatic hydroxyl groups excluding tert-OH is 1. The van der Waals surface area contributed by atoms with E-state index in [9.17, 15) is 14.7 Å². The third kappa shape index (κ3) is 4.75. The zero-order chi connectivity index (χ0) is 14.3. The Bertz CT molecular complexity index is 410. The molecule has 0 radical (unpaired) electrons. The van der Waals surface area contributed by atoms with Gasteiger partial charge in [0.05, 0.1) is 24.0 Å². The highest BCUT2D eigenvalue weighted by Crippen LogP contribution is 2.07. The van der Waals surface area contributed by atoms with E-state index >= 15 is 0 Å². The largest absolute Gasteiger partial charge is 0.472 e. The van der Waals surface area contributed by atoms with Crippen molar-refractivity contribution in [2.45, 2.75) is 32.2 Å². The number of hydrogen-bond donors (Lipinski definition) is 3. The van der Waals surface area contributed by atoms with Gasteiger partial charge >= 0.3 is 0 Å². The summed E-state index contributed by atoms with van der Waals surface area (Å²) in [5, 5.41) is 14.5. The molecule has 0 aliphatic rings. The van der Waals surface area contributed by atoms with Gasteiger partial charge in [-0.15, -0.1) is 0 Å². The van der Waals surface area contributed by atoms with Crippen LogP contribution >= 0.6 is 0 Å². The van der Waals surface area contributed by atoms with Crippen LogP contribution in [0, 0.1) is 0 Å².